The molecular formula is C21H40O5. The number of aliphatic hydroxyl groups excluding tert-OH is 1. The van der Waals surface area contributed by atoms with Crippen LogP contribution in [-0.4, -0.2) is 36.4 Å². The zero-order valence-electron chi connectivity index (χ0n) is 17.0. The van der Waals surface area contributed by atoms with Crippen LogP contribution in [-0.2, 0) is 19.1 Å². The summed E-state index contributed by atoms with van der Waals surface area (Å²) >= 11 is 0. The van der Waals surface area contributed by atoms with Gasteiger partial charge >= 0.3 is 11.9 Å². The van der Waals surface area contributed by atoms with Gasteiger partial charge in [-0.3, -0.25) is 9.59 Å². The highest BCUT2D eigenvalue weighted by Gasteiger charge is 2.10. The number of rotatable bonds is 18. The molecule has 0 heterocycles. The van der Waals surface area contributed by atoms with Crippen molar-refractivity contribution in [2.24, 2.45) is 0 Å². The van der Waals surface area contributed by atoms with Gasteiger partial charge in [0.1, 0.15) is 19.3 Å². The van der Waals surface area contributed by atoms with Crippen LogP contribution in [0, 0.1) is 0 Å². The van der Waals surface area contributed by atoms with Crippen LogP contribution in [0.4, 0.5) is 0 Å². The third kappa shape index (κ3) is 19.2. The van der Waals surface area contributed by atoms with Crippen molar-refractivity contribution in [3.8, 4) is 0 Å². The SMILES string of the molecule is CCCCCCCCCCCCCCCC(=O)OC[C@H](O)COC(C)=O. The summed E-state index contributed by atoms with van der Waals surface area (Å²) in [6.07, 6.45) is 15.9. The van der Waals surface area contributed by atoms with Crippen molar-refractivity contribution in [3.05, 3.63) is 0 Å². The zero-order valence-corrected chi connectivity index (χ0v) is 17.0. The minimum Gasteiger partial charge on any atom is -0.463 e. The van der Waals surface area contributed by atoms with Gasteiger partial charge in [-0.15, -0.1) is 0 Å². The third-order valence-electron chi connectivity index (χ3n) is 4.40. The Morgan fingerprint density at radius 3 is 1.62 bits per heavy atom. The van der Waals surface area contributed by atoms with E-state index in [1.54, 1.807) is 0 Å². The average molecular weight is 373 g/mol. The quantitative estimate of drug-likeness (QED) is 0.273. The summed E-state index contributed by atoms with van der Waals surface area (Å²) in [5.41, 5.74) is 0. The number of hydrogen-bond donors (Lipinski definition) is 1. The lowest BCUT2D eigenvalue weighted by atomic mass is 10.0. The minimum atomic E-state index is -0.950. The third-order valence-corrected chi connectivity index (χ3v) is 4.40. The molecule has 0 unspecified atom stereocenters. The van der Waals surface area contributed by atoms with Gasteiger partial charge in [0.15, 0.2) is 0 Å². The largest absolute Gasteiger partial charge is 0.463 e. The first kappa shape index (κ1) is 24.9. The average Bonchev–Trinajstić information content (AvgIpc) is 2.62. The van der Waals surface area contributed by atoms with E-state index in [1.807, 2.05) is 0 Å². The lowest BCUT2D eigenvalue weighted by Crippen LogP contribution is -2.24. The molecule has 0 rings (SSSR count). The van der Waals surface area contributed by atoms with Crippen molar-refractivity contribution in [1.82, 2.24) is 0 Å². The Morgan fingerprint density at radius 1 is 0.731 bits per heavy atom. The number of hydrogen-bond acceptors (Lipinski definition) is 5. The Bertz CT molecular complexity index is 343. The fourth-order valence-corrected chi connectivity index (χ4v) is 2.81. The highest BCUT2D eigenvalue weighted by Crippen LogP contribution is 2.13. The summed E-state index contributed by atoms with van der Waals surface area (Å²) < 4.78 is 9.60. The van der Waals surface area contributed by atoms with Gasteiger partial charge in [0, 0.05) is 13.3 Å². The van der Waals surface area contributed by atoms with E-state index < -0.39 is 12.1 Å². The second-order valence-corrected chi connectivity index (χ2v) is 7.13. The molecule has 0 aliphatic carbocycles. The summed E-state index contributed by atoms with van der Waals surface area (Å²) in [5, 5.41) is 9.48. The second kappa shape index (κ2) is 18.7. The molecule has 1 atom stereocenters. The van der Waals surface area contributed by atoms with Crippen molar-refractivity contribution < 1.29 is 24.2 Å². The van der Waals surface area contributed by atoms with E-state index in [0.717, 1.165) is 12.8 Å². The number of ether oxygens (including phenoxy) is 2. The highest BCUT2D eigenvalue weighted by atomic mass is 16.6. The predicted molar refractivity (Wildman–Crippen MR) is 104 cm³/mol. The molecule has 0 amide bonds. The molecule has 0 aliphatic heterocycles. The van der Waals surface area contributed by atoms with Crippen molar-refractivity contribution >= 4 is 11.9 Å². The summed E-state index contributed by atoms with van der Waals surface area (Å²) in [6, 6.07) is 0. The van der Waals surface area contributed by atoms with Gasteiger partial charge in [-0.1, -0.05) is 84.0 Å². The molecule has 0 spiro atoms. The number of aliphatic hydroxyl groups is 1. The van der Waals surface area contributed by atoms with Crippen LogP contribution in [0.25, 0.3) is 0 Å². The van der Waals surface area contributed by atoms with Gasteiger partial charge in [0.05, 0.1) is 0 Å². The first-order chi connectivity index (χ1) is 12.6. The van der Waals surface area contributed by atoms with Crippen LogP contribution in [0.2, 0.25) is 0 Å². The van der Waals surface area contributed by atoms with Crippen LogP contribution in [0.3, 0.4) is 0 Å². The van der Waals surface area contributed by atoms with Crippen LogP contribution in [0.5, 0.6) is 0 Å². The first-order valence-electron chi connectivity index (χ1n) is 10.5. The maximum Gasteiger partial charge on any atom is 0.305 e. The smallest absolute Gasteiger partial charge is 0.305 e. The van der Waals surface area contributed by atoms with Gasteiger partial charge in [-0.2, -0.15) is 0 Å². The van der Waals surface area contributed by atoms with Crippen molar-refractivity contribution in [2.45, 2.75) is 110 Å². The van der Waals surface area contributed by atoms with Crippen molar-refractivity contribution in [3.63, 3.8) is 0 Å². The van der Waals surface area contributed by atoms with Crippen molar-refractivity contribution in [1.29, 1.82) is 0 Å². The lowest BCUT2D eigenvalue weighted by molar-refractivity contribution is -0.151. The second-order valence-electron chi connectivity index (χ2n) is 7.13. The monoisotopic (exact) mass is 372 g/mol. The van der Waals surface area contributed by atoms with Gasteiger partial charge in [-0.05, 0) is 6.42 Å². The highest BCUT2D eigenvalue weighted by molar-refractivity contribution is 5.69. The molecule has 0 aromatic rings. The maximum atomic E-state index is 11.5. The number of carbonyl (C=O) groups is 2. The summed E-state index contributed by atoms with van der Waals surface area (Å²) in [7, 11) is 0. The molecule has 5 nitrogen and oxygen atoms in total. The van der Waals surface area contributed by atoms with E-state index in [4.69, 9.17) is 4.74 Å². The van der Waals surface area contributed by atoms with Crippen LogP contribution in [0.1, 0.15) is 104 Å². The molecule has 1 N–H and O–H groups in total. The first-order valence-corrected chi connectivity index (χ1v) is 10.5. The molecule has 0 aliphatic rings. The van der Waals surface area contributed by atoms with Crippen LogP contribution < -0.4 is 0 Å². The van der Waals surface area contributed by atoms with E-state index in [9.17, 15) is 14.7 Å². The lowest BCUT2D eigenvalue weighted by Gasteiger charge is -2.11. The zero-order chi connectivity index (χ0) is 19.5. The van der Waals surface area contributed by atoms with E-state index in [1.165, 1.54) is 77.6 Å². The summed E-state index contributed by atoms with van der Waals surface area (Å²) in [6.45, 7) is 3.26. The molecule has 0 saturated carbocycles. The summed E-state index contributed by atoms with van der Waals surface area (Å²) in [5.74, 6) is -0.753. The Labute approximate surface area is 159 Å². The standard InChI is InChI=1S/C21H40O5/c1-3-4-5-6-7-8-9-10-11-12-13-14-15-16-21(24)26-18-20(23)17-25-19(2)22/h20,23H,3-18H2,1-2H3/t20-/m1/s1. The van der Waals surface area contributed by atoms with Crippen LogP contribution >= 0.6 is 0 Å². The molecule has 0 fully saturated rings. The fraction of sp³-hybridized carbons (Fsp3) is 0.905. The van der Waals surface area contributed by atoms with Gasteiger partial charge in [-0.25, -0.2) is 0 Å². The molecule has 5 heteroatoms. The molecule has 26 heavy (non-hydrogen) atoms. The van der Waals surface area contributed by atoms with E-state index in [0.29, 0.717) is 6.42 Å². The molecule has 0 aromatic heterocycles. The van der Waals surface area contributed by atoms with E-state index >= 15 is 0 Å². The van der Waals surface area contributed by atoms with Crippen molar-refractivity contribution in [2.75, 3.05) is 13.2 Å². The maximum absolute atomic E-state index is 11.5. The van der Waals surface area contributed by atoms with Gasteiger partial charge < -0.3 is 14.6 Å². The number of carbonyl (C=O) groups excluding carboxylic acids is 2. The predicted octanol–water partition coefficient (Wildman–Crippen LogP) is 4.93. The molecule has 0 aromatic carbocycles. The van der Waals surface area contributed by atoms with Gasteiger partial charge in [0.25, 0.3) is 0 Å². The normalized spacial score (nSPS) is 12.0. The molecule has 0 radical (unpaired) electrons. The molecule has 0 saturated heterocycles. The Kier molecular flexibility index (Phi) is 17.9. The van der Waals surface area contributed by atoms with E-state index in [-0.39, 0.29) is 19.2 Å². The van der Waals surface area contributed by atoms with E-state index in [2.05, 4.69) is 11.7 Å². The molecule has 154 valence electrons. The van der Waals surface area contributed by atoms with Gasteiger partial charge in [0.2, 0.25) is 0 Å². The topological polar surface area (TPSA) is 72.8 Å². The Morgan fingerprint density at radius 2 is 1.15 bits per heavy atom. The fourth-order valence-electron chi connectivity index (χ4n) is 2.81. The number of unbranched alkanes of at least 4 members (excludes halogenated alkanes) is 12. The molecular weight excluding hydrogens is 332 g/mol. The number of esters is 2. The Hall–Kier alpha value is -1.10. The summed E-state index contributed by atoms with van der Waals surface area (Å²) in [4.78, 5) is 22.1. The Balaban J connectivity index is 3.26. The minimum absolute atomic E-state index is 0.120. The van der Waals surface area contributed by atoms with Crippen LogP contribution in [0.15, 0.2) is 0 Å². The molecule has 0 bridgehead atoms.